The van der Waals surface area contributed by atoms with Crippen molar-refractivity contribution in [3.05, 3.63) is 58.6 Å². The highest BCUT2D eigenvalue weighted by Crippen LogP contribution is 2.18. The van der Waals surface area contributed by atoms with E-state index in [4.69, 9.17) is 9.47 Å². The van der Waals surface area contributed by atoms with Crippen LogP contribution >= 0.6 is 27.7 Å². The second-order valence-corrected chi connectivity index (χ2v) is 7.01. The second-order valence-electron chi connectivity index (χ2n) is 4.99. The molecule has 0 aromatic heterocycles. The molecule has 0 bridgehead atoms. The first-order valence-electron chi connectivity index (χ1n) is 7.53. The first-order chi connectivity index (χ1) is 11.7. The summed E-state index contributed by atoms with van der Waals surface area (Å²) >= 11 is 4.96. The number of hydrogen-bond acceptors (Lipinski definition) is 4. The first-order valence-corrected chi connectivity index (χ1v) is 9.48. The molecule has 0 saturated carbocycles. The summed E-state index contributed by atoms with van der Waals surface area (Å²) < 4.78 is 11.8. The van der Waals surface area contributed by atoms with Gasteiger partial charge in [-0.1, -0.05) is 34.1 Å². The maximum Gasteiger partial charge on any atom is 0.230 e. The van der Waals surface area contributed by atoms with Crippen molar-refractivity contribution in [2.24, 2.45) is 0 Å². The van der Waals surface area contributed by atoms with Crippen LogP contribution in [0, 0.1) is 0 Å². The van der Waals surface area contributed by atoms with Crippen molar-refractivity contribution in [2.75, 3.05) is 25.2 Å². The topological polar surface area (TPSA) is 47.6 Å². The highest BCUT2D eigenvalue weighted by molar-refractivity contribution is 9.10. The molecule has 0 saturated heterocycles. The van der Waals surface area contributed by atoms with Crippen LogP contribution in [-0.2, 0) is 11.3 Å². The van der Waals surface area contributed by atoms with Gasteiger partial charge in [0.25, 0.3) is 0 Å². The van der Waals surface area contributed by atoms with Gasteiger partial charge < -0.3 is 14.8 Å². The third-order valence-corrected chi connectivity index (χ3v) is 4.56. The third-order valence-electron chi connectivity index (χ3n) is 3.15. The van der Waals surface area contributed by atoms with E-state index in [1.54, 1.807) is 18.9 Å². The van der Waals surface area contributed by atoms with E-state index < -0.39 is 0 Å². The minimum atomic E-state index is 0.0188. The van der Waals surface area contributed by atoms with E-state index in [1.165, 1.54) is 0 Å². The standard InChI is InChI=1S/C18H20BrNO3S/c1-22-16-6-2-4-14(10-16)12-20-18(21)13-24-9-8-23-17-7-3-5-15(19)11-17/h2-7,10-11H,8-9,12-13H2,1H3,(H,20,21). The lowest BCUT2D eigenvalue weighted by molar-refractivity contribution is -0.118. The summed E-state index contributed by atoms with van der Waals surface area (Å²) in [5, 5.41) is 2.90. The Hall–Kier alpha value is -1.66. The summed E-state index contributed by atoms with van der Waals surface area (Å²) in [5.74, 6) is 2.82. The number of methoxy groups -OCH3 is 1. The van der Waals surface area contributed by atoms with Gasteiger partial charge in [-0.3, -0.25) is 4.79 Å². The average Bonchev–Trinajstić information content (AvgIpc) is 2.60. The van der Waals surface area contributed by atoms with Crippen LogP contribution in [0.4, 0.5) is 0 Å². The molecule has 0 spiro atoms. The molecule has 0 aliphatic rings. The molecule has 0 heterocycles. The van der Waals surface area contributed by atoms with Gasteiger partial charge in [0.05, 0.1) is 19.5 Å². The Morgan fingerprint density at radius 1 is 1.17 bits per heavy atom. The van der Waals surface area contributed by atoms with Gasteiger partial charge in [0.15, 0.2) is 0 Å². The molecular weight excluding hydrogens is 390 g/mol. The lowest BCUT2D eigenvalue weighted by Gasteiger charge is -2.08. The number of amides is 1. The summed E-state index contributed by atoms with van der Waals surface area (Å²) in [7, 11) is 1.63. The number of rotatable bonds is 9. The van der Waals surface area contributed by atoms with E-state index in [9.17, 15) is 4.79 Å². The molecular formula is C18H20BrNO3S. The molecule has 6 heteroatoms. The third kappa shape index (κ3) is 6.84. The minimum absolute atomic E-state index is 0.0188. The van der Waals surface area contributed by atoms with Gasteiger partial charge in [-0.15, -0.1) is 11.8 Å². The van der Waals surface area contributed by atoms with Crippen LogP contribution in [0.15, 0.2) is 53.0 Å². The number of carbonyl (C=O) groups is 1. The largest absolute Gasteiger partial charge is 0.497 e. The monoisotopic (exact) mass is 409 g/mol. The van der Waals surface area contributed by atoms with E-state index in [1.807, 2.05) is 48.5 Å². The van der Waals surface area contributed by atoms with Crippen molar-refractivity contribution in [3.63, 3.8) is 0 Å². The zero-order valence-electron chi connectivity index (χ0n) is 13.5. The van der Waals surface area contributed by atoms with Gasteiger partial charge in [-0.05, 0) is 35.9 Å². The molecule has 1 N–H and O–H groups in total. The zero-order valence-corrected chi connectivity index (χ0v) is 15.9. The predicted molar refractivity (Wildman–Crippen MR) is 102 cm³/mol. The quantitative estimate of drug-likeness (QED) is 0.638. The predicted octanol–water partition coefficient (Wildman–Crippen LogP) is 3.89. The Morgan fingerprint density at radius 2 is 1.96 bits per heavy atom. The summed E-state index contributed by atoms with van der Waals surface area (Å²) in [6, 6.07) is 15.4. The number of hydrogen-bond donors (Lipinski definition) is 1. The van der Waals surface area contributed by atoms with Crippen LogP contribution in [0.1, 0.15) is 5.56 Å². The Morgan fingerprint density at radius 3 is 2.75 bits per heavy atom. The molecule has 2 aromatic carbocycles. The molecule has 0 fully saturated rings. The van der Waals surface area contributed by atoms with E-state index in [-0.39, 0.29) is 5.91 Å². The number of nitrogens with one attached hydrogen (secondary N) is 1. The zero-order chi connectivity index (χ0) is 17.2. The molecule has 2 aromatic rings. The second kappa shape index (κ2) is 10.3. The Bertz CT molecular complexity index is 666. The number of ether oxygens (including phenoxy) is 2. The Labute approximate surface area is 155 Å². The smallest absolute Gasteiger partial charge is 0.230 e. The summed E-state index contributed by atoms with van der Waals surface area (Å²) in [6.07, 6.45) is 0. The fourth-order valence-corrected chi connectivity index (χ4v) is 2.99. The molecule has 4 nitrogen and oxygen atoms in total. The van der Waals surface area contributed by atoms with Gasteiger partial charge >= 0.3 is 0 Å². The van der Waals surface area contributed by atoms with Crippen LogP contribution < -0.4 is 14.8 Å². The maximum absolute atomic E-state index is 11.8. The fourth-order valence-electron chi connectivity index (χ4n) is 1.97. The highest BCUT2D eigenvalue weighted by Gasteiger charge is 2.03. The van der Waals surface area contributed by atoms with E-state index in [2.05, 4.69) is 21.2 Å². The van der Waals surface area contributed by atoms with Crippen molar-refractivity contribution < 1.29 is 14.3 Å². The molecule has 0 aliphatic carbocycles. The van der Waals surface area contributed by atoms with Crippen LogP contribution in [0.2, 0.25) is 0 Å². The first kappa shape index (κ1) is 18.7. The normalized spacial score (nSPS) is 10.2. The summed E-state index contributed by atoms with van der Waals surface area (Å²) in [5.41, 5.74) is 1.02. The highest BCUT2D eigenvalue weighted by atomic mass is 79.9. The molecule has 1 amide bonds. The molecule has 128 valence electrons. The number of halogens is 1. The SMILES string of the molecule is COc1cccc(CNC(=O)CSCCOc2cccc(Br)c2)c1. The molecule has 0 atom stereocenters. The maximum atomic E-state index is 11.8. The van der Waals surface area contributed by atoms with Crippen LogP contribution in [0.3, 0.4) is 0 Å². The molecule has 2 rings (SSSR count). The van der Waals surface area contributed by atoms with Crippen LogP contribution in [0.25, 0.3) is 0 Å². The van der Waals surface area contributed by atoms with Gasteiger partial charge in [0.2, 0.25) is 5.91 Å². The van der Waals surface area contributed by atoms with Gasteiger partial charge in [0, 0.05) is 16.8 Å². The molecule has 0 unspecified atom stereocenters. The Balaban J connectivity index is 1.59. The molecule has 0 radical (unpaired) electrons. The van der Waals surface area contributed by atoms with Crippen molar-refractivity contribution in [3.8, 4) is 11.5 Å². The van der Waals surface area contributed by atoms with Crippen molar-refractivity contribution in [1.82, 2.24) is 5.32 Å². The Kier molecular flexibility index (Phi) is 7.98. The van der Waals surface area contributed by atoms with Gasteiger partial charge in [-0.2, -0.15) is 0 Å². The molecule has 0 aliphatic heterocycles. The van der Waals surface area contributed by atoms with Crippen molar-refractivity contribution >= 4 is 33.6 Å². The van der Waals surface area contributed by atoms with Gasteiger partial charge in [-0.25, -0.2) is 0 Å². The fraction of sp³-hybridized carbons (Fsp3) is 0.278. The van der Waals surface area contributed by atoms with Crippen molar-refractivity contribution in [1.29, 1.82) is 0 Å². The molecule has 24 heavy (non-hydrogen) atoms. The van der Waals surface area contributed by atoms with E-state index >= 15 is 0 Å². The number of benzene rings is 2. The van der Waals surface area contributed by atoms with Crippen molar-refractivity contribution in [2.45, 2.75) is 6.54 Å². The van der Waals surface area contributed by atoms with Crippen LogP contribution in [0.5, 0.6) is 11.5 Å². The lowest BCUT2D eigenvalue weighted by atomic mass is 10.2. The average molecular weight is 410 g/mol. The summed E-state index contributed by atoms with van der Waals surface area (Å²) in [4.78, 5) is 11.8. The minimum Gasteiger partial charge on any atom is -0.497 e. The van der Waals surface area contributed by atoms with E-state index in [0.29, 0.717) is 18.9 Å². The number of carbonyl (C=O) groups excluding carboxylic acids is 1. The summed E-state index contributed by atoms with van der Waals surface area (Å²) in [6.45, 7) is 1.08. The number of thioether (sulfide) groups is 1. The lowest BCUT2D eigenvalue weighted by Crippen LogP contribution is -2.25. The van der Waals surface area contributed by atoms with E-state index in [0.717, 1.165) is 27.3 Å². The van der Waals surface area contributed by atoms with Gasteiger partial charge in [0.1, 0.15) is 11.5 Å². The van der Waals surface area contributed by atoms with Crippen LogP contribution in [-0.4, -0.2) is 31.1 Å².